The lowest BCUT2D eigenvalue weighted by Gasteiger charge is -2.26. The van der Waals surface area contributed by atoms with Crippen LogP contribution in [0.25, 0.3) is 0 Å². The highest BCUT2D eigenvalue weighted by atomic mass is 16.5. The van der Waals surface area contributed by atoms with Crippen LogP contribution in [0.2, 0.25) is 0 Å². The third-order valence-corrected chi connectivity index (χ3v) is 3.86. The maximum absolute atomic E-state index is 12.2. The minimum absolute atomic E-state index is 0.0910. The molecule has 0 aromatic carbocycles. The van der Waals surface area contributed by atoms with Crippen molar-refractivity contribution in [3.05, 3.63) is 48.0 Å². The lowest BCUT2D eigenvalue weighted by Crippen LogP contribution is -2.41. The van der Waals surface area contributed by atoms with E-state index in [0.717, 1.165) is 38.6 Å². The van der Waals surface area contributed by atoms with Gasteiger partial charge in [-0.3, -0.25) is 9.69 Å². The van der Waals surface area contributed by atoms with Gasteiger partial charge in [0.05, 0.1) is 26.0 Å². The fourth-order valence-electron chi connectivity index (χ4n) is 2.51. The van der Waals surface area contributed by atoms with Crippen molar-refractivity contribution in [1.29, 1.82) is 0 Å². The van der Waals surface area contributed by atoms with Crippen molar-refractivity contribution in [2.24, 2.45) is 0 Å². The predicted molar refractivity (Wildman–Crippen MR) is 89.9 cm³/mol. The smallest absolute Gasteiger partial charge is 0.251 e. The minimum atomic E-state index is -0.0910. The maximum atomic E-state index is 12.2. The Labute approximate surface area is 141 Å². The van der Waals surface area contributed by atoms with E-state index in [9.17, 15) is 4.79 Å². The Hall–Kier alpha value is -2.38. The Kier molecular flexibility index (Phi) is 5.81. The number of anilines is 1. The molecule has 3 rings (SSSR count). The summed E-state index contributed by atoms with van der Waals surface area (Å²) in [5, 5.41) is 6.09. The summed E-state index contributed by atoms with van der Waals surface area (Å²) in [6.45, 7) is 5.37. The van der Waals surface area contributed by atoms with E-state index in [2.05, 4.69) is 20.5 Å². The van der Waals surface area contributed by atoms with E-state index in [-0.39, 0.29) is 5.91 Å². The summed E-state index contributed by atoms with van der Waals surface area (Å²) in [5.41, 5.74) is 0.592. The first-order valence-electron chi connectivity index (χ1n) is 8.12. The van der Waals surface area contributed by atoms with Gasteiger partial charge >= 0.3 is 0 Å². The lowest BCUT2D eigenvalue weighted by atomic mass is 10.2. The zero-order valence-electron chi connectivity index (χ0n) is 13.5. The average Bonchev–Trinajstić information content (AvgIpc) is 3.15. The molecule has 0 radical (unpaired) electrons. The molecular weight excluding hydrogens is 308 g/mol. The number of nitrogens with one attached hydrogen (secondary N) is 2. The van der Waals surface area contributed by atoms with Crippen LogP contribution in [0.5, 0.6) is 0 Å². The molecule has 7 heteroatoms. The molecule has 1 fully saturated rings. The fraction of sp³-hybridized carbons (Fsp3) is 0.412. The van der Waals surface area contributed by atoms with E-state index < -0.39 is 0 Å². The van der Waals surface area contributed by atoms with Crippen molar-refractivity contribution in [3.8, 4) is 0 Å². The van der Waals surface area contributed by atoms with Gasteiger partial charge in [0.25, 0.3) is 5.91 Å². The Morgan fingerprint density at radius 1 is 1.29 bits per heavy atom. The van der Waals surface area contributed by atoms with Crippen LogP contribution < -0.4 is 10.6 Å². The number of ether oxygens (including phenoxy) is 1. The largest absolute Gasteiger partial charge is 0.467 e. The first-order chi connectivity index (χ1) is 11.8. The Morgan fingerprint density at radius 2 is 2.17 bits per heavy atom. The van der Waals surface area contributed by atoms with Crippen molar-refractivity contribution in [3.63, 3.8) is 0 Å². The number of carbonyl (C=O) groups excluding carboxylic acids is 1. The van der Waals surface area contributed by atoms with Gasteiger partial charge in [-0.2, -0.15) is 0 Å². The van der Waals surface area contributed by atoms with Crippen molar-refractivity contribution < 1.29 is 13.9 Å². The summed E-state index contributed by atoms with van der Waals surface area (Å²) in [4.78, 5) is 18.7. The summed E-state index contributed by atoms with van der Waals surface area (Å²) >= 11 is 0. The van der Waals surface area contributed by atoms with E-state index in [0.29, 0.717) is 24.5 Å². The number of aromatic nitrogens is 1. The highest BCUT2D eigenvalue weighted by molar-refractivity contribution is 5.94. The topological polar surface area (TPSA) is 79.6 Å². The number of furan rings is 1. The molecule has 7 nitrogen and oxygen atoms in total. The zero-order valence-corrected chi connectivity index (χ0v) is 13.5. The van der Waals surface area contributed by atoms with Gasteiger partial charge in [0, 0.05) is 37.9 Å². The Morgan fingerprint density at radius 3 is 2.96 bits per heavy atom. The molecule has 3 heterocycles. The van der Waals surface area contributed by atoms with Gasteiger partial charge in [0.2, 0.25) is 0 Å². The van der Waals surface area contributed by atoms with E-state index in [1.54, 1.807) is 24.6 Å². The molecule has 1 aliphatic rings. The number of hydrogen-bond donors (Lipinski definition) is 2. The van der Waals surface area contributed by atoms with Crippen LogP contribution in [0.3, 0.4) is 0 Å². The molecule has 0 unspecified atom stereocenters. The van der Waals surface area contributed by atoms with Crippen LogP contribution in [-0.2, 0) is 11.3 Å². The monoisotopic (exact) mass is 330 g/mol. The molecular formula is C17H22N4O3. The van der Waals surface area contributed by atoms with Crippen LogP contribution in [-0.4, -0.2) is 55.2 Å². The molecule has 1 aliphatic heterocycles. The molecule has 1 amide bonds. The van der Waals surface area contributed by atoms with Gasteiger partial charge in [0.15, 0.2) is 0 Å². The van der Waals surface area contributed by atoms with Gasteiger partial charge in [-0.1, -0.05) is 0 Å². The molecule has 0 atom stereocenters. The normalized spacial score (nSPS) is 15.2. The van der Waals surface area contributed by atoms with Crippen LogP contribution in [0.15, 0.2) is 41.1 Å². The van der Waals surface area contributed by atoms with Crippen molar-refractivity contribution in [2.75, 3.05) is 44.7 Å². The fourth-order valence-corrected chi connectivity index (χ4v) is 2.51. The van der Waals surface area contributed by atoms with E-state index in [1.807, 2.05) is 12.1 Å². The average molecular weight is 330 g/mol. The molecule has 24 heavy (non-hydrogen) atoms. The highest BCUT2D eigenvalue weighted by Gasteiger charge is 2.11. The third-order valence-electron chi connectivity index (χ3n) is 3.86. The number of rotatable bonds is 7. The van der Waals surface area contributed by atoms with Crippen LogP contribution in [0.1, 0.15) is 16.1 Å². The molecule has 0 saturated carbocycles. The van der Waals surface area contributed by atoms with E-state index >= 15 is 0 Å². The highest BCUT2D eigenvalue weighted by Crippen LogP contribution is 2.09. The first kappa shape index (κ1) is 16.5. The number of carbonyl (C=O) groups is 1. The Balaban J connectivity index is 1.46. The second kappa shape index (κ2) is 8.47. The van der Waals surface area contributed by atoms with Crippen LogP contribution in [0.4, 0.5) is 5.82 Å². The summed E-state index contributed by atoms with van der Waals surface area (Å²) in [6, 6.07) is 7.17. The Bertz CT molecular complexity index is 639. The minimum Gasteiger partial charge on any atom is -0.467 e. The molecule has 2 N–H and O–H groups in total. The predicted octanol–water partition coefficient (Wildman–Crippen LogP) is 1.35. The van der Waals surface area contributed by atoms with Crippen LogP contribution >= 0.6 is 0 Å². The van der Waals surface area contributed by atoms with Gasteiger partial charge in [-0.15, -0.1) is 0 Å². The SMILES string of the molecule is O=C(NCCN1CCOCC1)c1ccnc(NCc2ccco2)c1. The summed E-state index contributed by atoms with van der Waals surface area (Å²) in [7, 11) is 0. The first-order valence-corrected chi connectivity index (χ1v) is 8.12. The van der Waals surface area contributed by atoms with Crippen LogP contribution in [0, 0.1) is 0 Å². The third kappa shape index (κ3) is 4.81. The number of hydrogen-bond acceptors (Lipinski definition) is 6. The molecule has 0 bridgehead atoms. The van der Waals surface area contributed by atoms with Gasteiger partial charge in [0.1, 0.15) is 11.6 Å². The second-order valence-corrected chi connectivity index (χ2v) is 5.57. The van der Waals surface area contributed by atoms with Gasteiger partial charge in [-0.25, -0.2) is 4.98 Å². The van der Waals surface area contributed by atoms with Crippen molar-refractivity contribution in [1.82, 2.24) is 15.2 Å². The zero-order chi connectivity index (χ0) is 16.6. The van der Waals surface area contributed by atoms with E-state index in [1.165, 1.54) is 0 Å². The molecule has 2 aromatic heterocycles. The quantitative estimate of drug-likeness (QED) is 0.798. The standard InChI is InChI=1S/C17H22N4O3/c22-17(19-5-6-21-7-10-23-11-8-21)14-3-4-18-16(12-14)20-13-15-2-1-9-24-15/h1-4,9,12H,5-8,10-11,13H2,(H,18,20)(H,19,22). The number of pyridine rings is 1. The summed E-state index contributed by atoms with van der Waals surface area (Å²) < 4.78 is 10.6. The van der Waals surface area contributed by atoms with Crippen molar-refractivity contribution in [2.45, 2.75) is 6.54 Å². The summed E-state index contributed by atoms with van der Waals surface area (Å²) in [6.07, 6.45) is 3.25. The van der Waals surface area contributed by atoms with Gasteiger partial charge in [-0.05, 0) is 24.3 Å². The molecule has 1 saturated heterocycles. The molecule has 0 spiro atoms. The van der Waals surface area contributed by atoms with E-state index in [4.69, 9.17) is 9.15 Å². The molecule has 128 valence electrons. The second-order valence-electron chi connectivity index (χ2n) is 5.57. The van der Waals surface area contributed by atoms with Crippen molar-refractivity contribution >= 4 is 11.7 Å². The number of morpholine rings is 1. The summed E-state index contributed by atoms with van der Waals surface area (Å²) in [5.74, 6) is 1.37. The molecule has 0 aliphatic carbocycles. The number of nitrogens with zero attached hydrogens (tertiary/aromatic N) is 2. The lowest BCUT2D eigenvalue weighted by molar-refractivity contribution is 0.0383. The molecule has 2 aromatic rings. The number of amides is 1. The van der Waals surface area contributed by atoms with Gasteiger partial charge < -0.3 is 19.8 Å². The maximum Gasteiger partial charge on any atom is 0.251 e.